The number of nitrogens with zero attached hydrogens (tertiary/aromatic N) is 4. The molecule has 1 N–H and O–H groups in total. The van der Waals surface area contributed by atoms with Gasteiger partial charge in [-0.05, 0) is 24.3 Å². The van der Waals surface area contributed by atoms with Gasteiger partial charge in [-0.2, -0.15) is 17.0 Å². The first-order chi connectivity index (χ1) is 15.5. The maximum atomic E-state index is 12.7. The van der Waals surface area contributed by atoms with Crippen LogP contribution >= 0.6 is 0 Å². The van der Waals surface area contributed by atoms with Gasteiger partial charge in [-0.1, -0.05) is 0 Å². The molecule has 0 radical (unpaired) electrons. The van der Waals surface area contributed by atoms with Crippen LogP contribution in [-0.4, -0.2) is 113 Å². The second-order valence-electron chi connectivity index (χ2n) is 8.20. The zero-order valence-electron chi connectivity index (χ0n) is 18.4. The zero-order chi connectivity index (χ0) is 22.4. The van der Waals surface area contributed by atoms with Crippen molar-refractivity contribution in [1.29, 1.82) is 0 Å². The van der Waals surface area contributed by atoms with Crippen molar-refractivity contribution in [1.82, 2.24) is 13.5 Å². The summed E-state index contributed by atoms with van der Waals surface area (Å²) in [5.41, 5.74) is 1.92. The molecule has 1 aromatic rings. The van der Waals surface area contributed by atoms with E-state index in [4.69, 9.17) is 9.47 Å². The van der Waals surface area contributed by atoms with Gasteiger partial charge in [0, 0.05) is 76.7 Å². The lowest BCUT2D eigenvalue weighted by atomic mass is 10.2. The molecule has 4 rings (SSSR count). The third kappa shape index (κ3) is 5.97. The third-order valence-corrected chi connectivity index (χ3v) is 8.17. The van der Waals surface area contributed by atoms with Gasteiger partial charge in [0.25, 0.3) is 10.2 Å². The van der Waals surface area contributed by atoms with E-state index in [1.54, 1.807) is 4.31 Å². The maximum Gasteiger partial charge on any atom is 0.282 e. The molecule has 3 aliphatic rings. The zero-order valence-corrected chi connectivity index (χ0v) is 19.3. The van der Waals surface area contributed by atoms with Gasteiger partial charge in [0.1, 0.15) is 0 Å². The molecule has 0 atom stereocenters. The molecule has 3 aliphatic heterocycles. The van der Waals surface area contributed by atoms with E-state index in [-0.39, 0.29) is 5.91 Å². The third-order valence-electron chi connectivity index (χ3n) is 6.14. The highest BCUT2D eigenvalue weighted by Gasteiger charge is 2.33. The van der Waals surface area contributed by atoms with Crippen molar-refractivity contribution < 1.29 is 22.7 Å². The fraction of sp³-hybridized carbons (Fsp3) is 0.667. The first-order valence-corrected chi connectivity index (χ1v) is 12.7. The van der Waals surface area contributed by atoms with Crippen LogP contribution in [0.2, 0.25) is 0 Å². The lowest BCUT2D eigenvalue weighted by molar-refractivity contribution is -0.116. The molecule has 32 heavy (non-hydrogen) atoms. The van der Waals surface area contributed by atoms with Crippen LogP contribution in [0, 0.1) is 0 Å². The number of benzene rings is 1. The van der Waals surface area contributed by atoms with Crippen LogP contribution in [0.3, 0.4) is 0 Å². The van der Waals surface area contributed by atoms with Crippen LogP contribution in [0.1, 0.15) is 6.42 Å². The molecule has 3 saturated heterocycles. The Morgan fingerprint density at radius 2 is 1.38 bits per heavy atom. The van der Waals surface area contributed by atoms with Crippen LogP contribution in [0.15, 0.2) is 24.3 Å². The topological polar surface area (TPSA) is 94.7 Å². The summed E-state index contributed by atoms with van der Waals surface area (Å²) < 4.78 is 39.2. The standard InChI is InChI=1S/C21H33N5O5S/c27-21(22-19-1-3-20(4-2-19)24-11-15-30-16-12-24)5-6-23-7-9-25(10-8-23)32(28,29)26-13-17-31-18-14-26/h1-4H,5-18H2,(H,22,27). The quantitative estimate of drug-likeness (QED) is 0.605. The Bertz CT molecular complexity index is 846. The second-order valence-corrected chi connectivity index (χ2v) is 10.1. The largest absolute Gasteiger partial charge is 0.379 e. The second kappa shape index (κ2) is 10.9. The van der Waals surface area contributed by atoms with E-state index < -0.39 is 10.2 Å². The molecule has 178 valence electrons. The summed E-state index contributed by atoms with van der Waals surface area (Å²) >= 11 is 0. The van der Waals surface area contributed by atoms with Crippen molar-refractivity contribution in [2.45, 2.75) is 6.42 Å². The Morgan fingerprint density at radius 1 is 0.812 bits per heavy atom. The summed E-state index contributed by atoms with van der Waals surface area (Å²) in [4.78, 5) is 16.8. The van der Waals surface area contributed by atoms with E-state index in [2.05, 4.69) is 15.1 Å². The van der Waals surface area contributed by atoms with Crippen molar-refractivity contribution in [3.8, 4) is 0 Å². The minimum absolute atomic E-state index is 0.0347. The average Bonchev–Trinajstić information content (AvgIpc) is 2.84. The number of carbonyl (C=O) groups is 1. The normalized spacial score (nSPS) is 22.1. The van der Waals surface area contributed by atoms with Crippen molar-refractivity contribution in [3.05, 3.63) is 24.3 Å². The lowest BCUT2D eigenvalue weighted by Gasteiger charge is -2.37. The molecule has 3 heterocycles. The Morgan fingerprint density at radius 3 is 2.00 bits per heavy atom. The first kappa shape index (κ1) is 23.4. The van der Waals surface area contributed by atoms with Gasteiger partial charge in [-0.15, -0.1) is 0 Å². The Labute approximate surface area is 190 Å². The minimum atomic E-state index is -3.42. The van der Waals surface area contributed by atoms with E-state index in [0.717, 1.165) is 37.7 Å². The van der Waals surface area contributed by atoms with E-state index >= 15 is 0 Å². The van der Waals surface area contributed by atoms with E-state index in [0.29, 0.717) is 65.4 Å². The Kier molecular flexibility index (Phi) is 7.98. The molecule has 0 unspecified atom stereocenters. The highest BCUT2D eigenvalue weighted by atomic mass is 32.2. The van der Waals surface area contributed by atoms with E-state index in [9.17, 15) is 13.2 Å². The summed E-state index contributed by atoms with van der Waals surface area (Å²) in [5, 5.41) is 2.95. The number of amides is 1. The molecular weight excluding hydrogens is 434 g/mol. The number of morpholine rings is 2. The average molecular weight is 468 g/mol. The minimum Gasteiger partial charge on any atom is -0.379 e. The predicted octanol–water partition coefficient (Wildman–Crippen LogP) is 0.0464. The molecule has 3 fully saturated rings. The van der Waals surface area contributed by atoms with Crippen molar-refractivity contribution >= 4 is 27.5 Å². The summed E-state index contributed by atoms with van der Waals surface area (Å²) in [5.74, 6) is -0.0347. The monoisotopic (exact) mass is 467 g/mol. The van der Waals surface area contributed by atoms with Crippen LogP contribution in [0.5, 0.6) is 0 Å². The molecular formula is C21H33N5O5S. The number of ether oxygens (including phenoxy) is 2. The van der Waals surface area contributed by atoms with Gasteiger partial charge < -0.3 is 24.6 Å². The van der Waals surface area contributed by atoms with Gasteiger partial charge in [0.2, 0.25) is 5.91 Å². The van der Waals surface area contributed by atoms with E-state index in [1.165, 1.54) is 4.31 Å². The number of piperazine rings is 1. The fourth-order valence-electron chi connectivity index (χ4n) is 4.18. The molecule has 0 aromatic heterocycles. The number of rotatable bonds is 7. The lowest BCUT2D eigenvalue weighted by Crippen LogP contribution is -2.55. The highest BCUT2D eigenvalue weighted by Crippen LogP contribution is 2.19. The SMILES string of the molecule is O=C(CCN1CCN(S(=O)(=O)N2CCOCC2)CC1)Nc1ccc(N2CCOCC2)cc1. The number of hydrogen-bond donors (Lipinski definition) is 1. The van der Waals surface area contributed by atoms with Gasteiger partial charge in [0.15, 0.2) is 0 Å². The van der Waals surface area contributed by atoms with Crippen LogP contribution in [0.4, 0.5) is 11.4 Å². The Balaban J connectivity index is 1.18. The first-order valence-electron chi connectivity index (χ1n) is 11.3. The smallest absolute Gasteiger partial charge is 0.282 e. The number of hydrogen-bond acceptors (Lipinski definition) is 7. The highest BCUT2D eigenvalue weighted by molar-refractivity contribution is 7.86. The predicted molar refractivity (Wildman–Crippen MR) is 122 cm³/mol. The molecule has 0 bridgehead atoms. The summed E-state index contributed by atoms with van der Waals surface area (Å²) in [6.07, 6.45) is 0.376. The molecule has 10 nitrogen and oxygen atoms in total. The van der Waals surface area contributed by atoms with Crippen molar-refractivity contribution in [2.24, 2.45) is 0 Å². The summed E-state index contributed by atoms with van der Waals surface area (Å²) in [6.45, 7) is 7.74. The number of carbonyl (C=O) groups excluding carboxylic acids is 1. The summed E-state index contributed by atoms with van der Waals surface area (Å²) in [7, 11) is -3.42. The van der Waals surface area contributed by atoms with Crippen molar-refractivity contribution in [2.75, 3.05) is 95.5 Å². The molecule has 0 aliphatic carbocycles. The molecule has 11 heteroatoms. The molecule has 1 aromatic carbocycles. The fourth-order valence-corrected chi connectivity index (χ4v) is 5.75. The van der Waals surface area contributed by atoms with Crippen molar-refractivity contribution in [3.63, 3.8) is 0 Å². The maximum absolute atomic E-state index is 12.7. The van der Waals surface area contributed by atoms with Gasteiger partial charge >= 0.3 is 0 Å². The summed E-state index contributed by atoms with van der Waals surface area (Å²) in [6, 6.07) is 7.90. The van der Waals surface area contributed by atoms with Crippen LogP contribution < -0.4 is 10.2 Å². The van der Waals surface area contributed by atoms with Gasteiger partial charge in [-0.25, -0.2) is 0 Å². The number of anilines is 2. The molecule has 0 saturated carbocycles. The van der Waals surface area contributed by atoms with Crippen LogP contribution in [0.25, 0.3) is 0 Å². The van der Waals surface area contributed by atoms with Gasteiger partial charge in [-0.3, -0.25) is 4.79 Å². The van der Waals surface area contributed by atoms with Gasteiger partial charge in [0.05, 0.1) is 26.4 Å². The Hall–Kier alpha value is -1.76. The molecule has 1 amide bonds. The van der Waals surface area contributed by atoms with Crippen LogP contribution in [-0.2, 0) is 24.5 Å². The molecule has 0 spiro atoms. The number of nitrogens with one attached hydrogen (secondary N) is 1. The van der Waals surface area contributed by atoms with E-state index in [1.807, 2.05) is 24.3 Å².